The van der Waals surface area contributed by atoms with E-state index in [0.717, 1.165) is 0 Å². The van der Waals surface area contributed by atoms with Gasteiger partial charge in [0, 0.05) is 13.3 Å². The van der Waals surface area contributed by atoms with E-state index in [1.807, 2.05) is 26.0 Å². The summed E-state index contributed by atoms with van der Waals surface area (Å²) in [7, 11) is 0. The van der Waals surface area contributed by atoms with Crippen molar-refractivity contribution in [2.75, 3.05) is 0 Å². The third-order valence-electron chi connectivity index (χ3n) is 3.17. The fourth-order valence-electron chi connectivity index (χ4n) is 2.00. The summed E-state index contributed by atoms with van der Waals surface area (Å²) in [4.78, 5) is 21.4. The van der Waals surface area contributed by atoms with Gasteiger partial charge in [0.1, 0.15) is 12.2 Å². The number of carbonyl (C=O) groups is 2. The van der Waals surface area contributed by atoms with Crippen molar-refractivity contribution >= 4 is 11.8 Å². The van der Waals surface area contributed by atoms with Crippen LogP contribution in [0.3, 0.4) is 0 Å². The lowest BCUT2D eigenvalue weighted by molar-refractivity contribution is -0.126. The molecule has 2 atom stereocenters. The SMILES string of the molecule is CC(=O)N[C@@H](CC(C)C)C(N)=O.CC(C)C1=CCC(F)C=C1. The van der Waals surface area contributed by atoms with Crippen LogP contribution in [0, 0.1) is 11.8 Å². The van der Waals surface area contributed by atoms with Crippen LogP contribution in [-0.2, 0) is 9.59 Å². The minimum absolute atomic E-state index is 0.223. The van der Waals surface area contributed by atoms with Gasteiger partial charge >= 0.3 is 0 Å². The Morgan fingerprint density at radius 1 is 1.36 bits per heavy atom. The molecule has 4 nitrogen and oxygen atoms in total. The van der Waals surface area contributed by atoms with Gasteiger partial charge in [0.2, 0.25) is 11.8 Å². The Kier molecular flexibility index (Phi) is 9.38. The van der Waals surface area contributed by atoms with Crippen LogP contribution in [0.5, 0.6) is 0 Å². The molecule has 3 N–H and O–H groups in total. The highest BCUT2D eigenvalue weighted by Gasteiger charge is 2.17. The smallest absolute Gasteiger partial charge is 0.240 e. The van der Waals surface area contributed by atoms with Crippen LogP contribution in [-0.4, -0.2) is 24.0 Å². The minimum Gasteiger partial charge on any atom is -0.368 e. The topological polar surface area (TPSA) is 72.2 Å². The van der Waals surface area contributed by atoms with Gasteiger partial charge in [-0.3, -0.25) is 9.59 Å². The predicted molar refractivity (Wildman–Crippen MR) is 87.8 cm³/mol. The number of hydrogen-bond donors (Lipinski definition) is 2. The first-order valence-electron chi connectivity index (χ1n) is 7.72. The molecule has 1 aliphatic carbocycles. The number of primary amides is 1. The lowest BCUT2D eigenvalue weighted by atomic mass is 9.97. The van der Waals surface area contributed by atoms with Gasteiger partial charge in [-0.05, 0) is 23.8 Å². The Morgan fingerprint density at radius 3 is 2.27 bits per heavy atom. The van der Waals surface area contributed by atoms with Crippen LogP contribution >= 0.6 is 0 Å². The van der Waals surface area contributed by atoms with E-state index >= 15 is 0 Å². The summed E-state index contributed by atoms with van der Waals surface area (Å²) in [5.41, 5.74) is 6.34. The number of allylic oxidation sites excluding steroid dienone is 4. The molecule has 0 bridgehead atoms. The first kappa shape index (κ1) is 20.3. The van der Waals surface area contributed by atoms with Gasteiger partial charge in [-0.15, -0.1) is 0 Å². The van der Waals surface area contributed by atoms with Gasteiger partial charge in [-0.2, -0.15) is 0 Å². The maximum absolute atomic E-state index is 12.5. The van der Waals surface area contributed by atoms with E-state index in [-0.39, 0.29) is 5.91 Å². The standard InChI is InChI=1S/C9H13F.C8H16N2O2/c1-7(2)8-3-5-9(10)6-4-8;1-5(2)4-7(8(9)12)10-6(3)11/h3-5,7,9H,6H2,1-2H3;5,7H,4H2,1-3H3,(H2,9,12)(H,10,11)/t;7-/m.0/s1. The number of nitrogens with two attached hydrogens (primary N) is 1. The molecule has 1 rings (SSSR count). The van der Waals surface area contributed by atoms with E-state index in [1.54, 1.807) is 6.08 Å². The zero-order valence-corrected chi connectivity index (χ0v) is 14.2. The lowest BCUT2D eigenvalue weighted by Gasteiger charge is -2.15. The van der Waals surface area contributed by atoms with Gasteiger partial charge in [-0.1, -0.05) is 45.9 Å². The van der Waals surface area contributed by atoms with Crippen LogP contribution in [0.4, 0.5) is 4.39 Å². The highest BCUT2D eigenvalue weighted by molar-refractivity contribution is 5.85. The summed E-state index contributed by atoms with van der Waals surface area (Å²) in [6.07, 6.45) is 5.91. The normalized spacial score (nSPS) is 18.4. The van der Waals surface area contributed by atoms with Gasteiger partial charge in [-0.25, -0.2) is 4.39 Å². The molecule has 2 amide bonds. The van der Waals surface area contributed by atoms with Crippen LogP contribution < -0.4 is 11.1 Å². The average Bonchev–Trinajstić information content (AvgIpc) is 2.38. The zero-order valence-electron chi connectivity index (χ0n) is 14.2. The second-order valence-electron chi connectivity index (χ2n) is 6.25. The first-order chi connectivity index (χ1) is 10.1. The van der Waals surface area contributed by atoms with Crippen LogP contribution in [0.2, 0.25) is 0 Å². The Labute approximate surface area is 133 Å². The summed E-state index contributed by atoms with van der Waals surface area (Å²) < 4.78 is 12.5. The lowest BCUT2D eigenvalue weighted by Crippen LogP contribution is -2.44. The Bertz CT molecular complexity index is 428. The number of hydrogen-bond acceptors (Lipinski definition) is 2. The minimum atomic E-state index is -0.748. The van der Waals surface area contributed by atoms with Crippen molar-refractivity contribution in [1.82, 2.24) is 5.32 Å². The van der Waals surface area contributed by atoms with Gasteiger partial charge in [0.25, 0.3) is 0 Å². The number of amides is 2. The van der Waals surface area contributed by atoms with Crippen molar-refractivity contribution in [3.8, 4) is 0 Å². The summed E-state index contributed by atoms with van der Waals surface area (Å²) in [6.45, 7) is 9.55. The van der Waals surface area contributed by atoms with E-state index in [4.69, 9.17) is 5.73 Å². The molecule has 126 valence electrons. The second kappa shape index (κ2) is 10.1. The van der Waals surface area contributed by atoms with E-state index < -0.39 is 18.1 Å². The Hall–Kier alpha value is -1.65. The predicted octanol–water partition coefficient (Wildman–Crippen LogP) is 2.89. The highest BCUT2D eigenvalue weighted by Crippen LogP contribution is 2.19. The Morgan fingerprint density at radius 2 is 1.95 bits per heavy atom. The summed E-state index contributed by atoms with van der Waals surface area (Å²) in [5, 5.41) is 2.50. The summed E-state index contributed by atoms with van der Waals surface area (Å²) >= 11 is 0. The molecule has 0 aromatic rings. The third kappa shape index (κ3) is 9.32. The third-order valence-corrected chi connectivity index (χ3v) is 3.17. The van der Waals surface area contributed by atoms with Crippen molar-refractivity contribution in [2.45, 2.75) is 59.7 Å². The van der Waals surface area contributed by atoms with E-state index in [1.165, 1.54) is 12.5 Å². The molecule has 0 spiro atoms. The molecule has 0 heterocycles. The summed E-state index contributed by atoms with van der Waals surface area (Å²) in [5.74, 6) is 0.177. The maximum atomic E-state index is 12.5. The molecular formula is C17H29FN2O2. The number of rotatable bonds is 5. The van der Waals surface area contributed by atoms with Crippen molar-refractivity contribution < 1.29 is 14.0 Å². The number of carbonyl (C=O) groups excluding carboxylic acids is 2. The molecule has 1 unspecified atom stereocenters. The van der Waals surface area contributed by atoms with Crippen molar-refractivity contribution in [3.63, 3.8) is 0 Å². The van der Waals surface area contributed by atoms with Gasteiger partial charge in [0.05, 0.1) is 0 Å². The van der Waals surface area contributed by atoms with Crippen molar-refractivity contribution in [3.05, 3.63) is 23.8 Å². The number of alkyl halides is 1. The largest absolute Gasteiger partial charge is 0.368 e. The van der Waals surface area contributed by atoms with Crippen LogP contribution in [0.25, 0.3) is 0 Å². The molecule has 5 heteroatoms. The first-order valence-corrected chi connectivity index (χ1v) is 7.72. The molecule has 0 radical (unpaired) electrons. The van der Waals surface area contributed by atoms with Crippen LogP contribution in [0.1, 0.15) is 47.5 Å². The molecule has 0 aromatic carbocycles. The fraction of sp³-hybridized carbons (Fsp3) is 0.647. The molecule has 0 saturated carbocycles. The number of nitrogens with one attached hydrogen (secondary N) is 1. The molecule has 22 heavy (non-hydrogen) atoms. The van der Waals surface area contributed by atoms with Crippen LogP contribution in [0.15, 0.2) is 23.8 Å². The monoisotopic (exact) mass is 312 g/mol. The van der Waals surface area contributed by atoms with Gasteiger partial charge in [0.15, 0.2) is 0 Å². The molecule has 0 saturated heterocycles. The highest BCUT2D eigenvalue weighted by atomic mass is 19.1. The van der Waals surface area contributed by atoms with E-state index in [2.05, 4.69) is 19.2 Å². The van der Waals surface area contributed by atoms with Crippen molar-refractivity contribution in [2.24, 2.45) is 17.6 Å². The molecule has 0 aliphatic heterocycles. The molecule has 0 fully saturated rings. The second-order valence-corrected chi connectivity index (χ2v) is 6.25. The Balaban J connectivity index is 0.000000406. The number of halogens is 1. The summed E-state index contributed by atoms with van der Waals surface area (Å²) in [6, 6.07) is -0.525. The fourth-order valence-corrected chi connectivity index (χ4v) is 2.00. The average molecular weight is 312 g/mol. The van der Waals surface area contributed by atoms with Crippen molar-refractivity contribution in [1.29, 1.82) is 0 Å². The maximum Gasteiger partial charge on any atom is 0.240 e. The van der Waals surface area contributed by atoms with E-state index in [9.17, 15) is 14.0 Å². The molecule has 1 aliphatic rings. The zero-order chi connectivity index (χ0) is 17.3. The van der Waals surface area contributed by atoms with Gasteiger partial charge < -0.3 is 11.1 Å². The quantitative estimate of drug-likeness (QED) is 0.819. The van der Waals surface area contributed by atoms with E-state index in [0.29, 0.717) is 24.7 Å². The molecular weight excluding hydrogens is 283 g/mol. The molecule has 0 aromatic heterocycles.